The Morgan fingerprint density at radius 3 is 2.55 bits per heavy atom. The smallest absolute Gasteiger partial charge is 0 e. The van der Waals surface area contributed by atoms with Crippen molar-refractivity contribution in [3.8, 4) is 0 Å². The first-order valence-corrected chi connectivity index (χ1v) is 3.55. The van der Waals surface area contributed by atoms with Gasteiger partial charge in [-0.2, -0.15) is 6.08 Å². The minimum absolute atomic E-state index is 0. The van der Waals surface area contributed by atoms with Gasteiger partial charge in [0.2, 0.25) is 0 Å². The van der Waals surface area contributed by atoms with Gasteiger partial charge in [0.05, 0.1) is 0 Å². The molecule has 0 aromatic carbocycles. The second-order valence-electron chi connectivity index (χ2n) is 2.91. The summed E-state index contributed by atoms with van der Waals surface area (Å²) < 4.78 is 0. The maximum absolute atomic E-state index is 3.29. The third-order valence-corrected chi connectivity index (χ3v) is 1.39. The van der Waals surface area contributed by atoms with E-state index in [1.54, 1.807) is 0 Å². The third-order valence-electron chi connectivity index (χ3n) is 1.39. The monoisotopic (exact) mass is 205 g/mol. The van der Waals surface area contributed by atoms with Crippen LogP contribution in [0, 0.1) is 12.0 Å². The molecule has 11 heavy (non-hydrogen) atoms. The molecule has 1 aliphatic carbocycles. The number of rotatable bonds is 2. The van der Waals surface area contributed by atoms with Crippen LogP contribution in [-0.4, -0.2) is 0 Å². The fraction of sp³-hybridized carbons (Fsp3) is 0.556. The zero-order valence-corrected chi connectivity index (χ0v) is 9.43. The van der Waals surface area contributed by atoms with Crippen molar-refractivity contribution in [2.24, 2.45) is 5.92 Å². The first-order valence-electron chi connectivity index (χ1n) is 3.55. The van der Waals surface area contributed by atoms with Crippen molar-refractivity contribution < 1.29 is 21.7 Å². The maximum atomic E-state index is 3.29. The van der Waals surface area contributed by atoms with E-state index < -0.39 is 0 Å². The summed E-state index contributed by atoms with van der Waals surface area (Å²) in [7, 11) is 0. The van der Waals surface area contributed by atoms with Crippen molar-refractivity contribution in [2.75, 3.05) is 0 Å². The van der Waals surface area contributed by atoms with E-state index in [9.17, 15) is 0 Å². The molecule has 0 saturated carbocycles. The molecule has 0 atom stereocenters. The average molecular weight is 206 g/mol. The quantitative estimate of drug-likeness (QED) is 0.480. The number of halogens is 1. The van der Waals surface area contributed by atoms with E-state index in [0.29, 0.717) is 0 Å². The van der Waals surface area contributed by atoms with Gasteiger partial charge in [0, 0.05) is 21.7 Å². The molecule has 0 saturated heterocycles. The molecule has 0 radical (unpaired) electrons. The molecule has 2 heteroatoms. The van der Waals surface area contributed by atoms with Crippen molar-refractivity contribution in [3.63, 3.8) is 0 Å². The Bertz CT molecular complexity index is 148. The summed E-state index contributed by atoms with van der Waals surface area (Å²) in [5.74, 6) is 0.773. The van der Waals surface area contributed by atoms with Crippen LogP contribution in [0.5, 0.6) is 0 Å². The molecule has 0 amide bonds. The molecule has 0 aliphatic heterocycles. The summed E-state index contributed by atoms with van der Waals surface area (Å²) in [5.41, 5.74) is 1.39. The van der Waals surface area contributed by atoms with Crippen LogP contribution in [0.25, 0.3) is 0 Å². The van der Waals surface area contributed by atoms with Gasteiger partial charge in [0.15, 0.2) is 0 Å². The number of hydrogen-bond donors (Lipinski definition) is 0. The van der Waals surface area contributed by atoms with Crippen molar-refractivity contribution in [1.82, 2.24) is 0 Å². The minimum Gasteiger partial charge on any atom is -0.269 e. The second kappa shape index (κ2) is 7.15. The van der Waals surface area contributed by atoms with Gasteiger partial charge in [0.25, 0.3) is 0 Å². The van der Waals surface area contributed by atoms with Crippen molar-refractivity contribution in [3.05, 3.63) is 23.8 Å². The van der Waals surface area contributed by atoms with Gasteiger partial charge in [-0.3, -0.25) is 6.08 Å². The summed E-state index contributed by atoms with van der Waals surface area (Å²) in [4.78, 5) is 0. The molecular formula is C9H14ClTi-. The predicted molar refractivity (Wildman–Crippen MR) is 47.2 cm³/mol. The normalized spacial score (nSPS) is 13.9. The Hall–Kier alpha value is 0.484. The van der Waals surface area contributed by atoms with E-state index in [2.05, 4.69) is 32.1 Å². The summed E-state index contributed by atoms with van der Waals surface area (Å²) in [5, 5.41) is 0. The SMILES string of the molecule is CC(C)CC1=[C-]CC=C1.Cl.[Ti]. The van der Waals surface area contributed by atoms with E-state index in [4.69, 9.17) is 0 Å². The Morgan fingerprint density at radius 1 is 1.55 bits per heavy atom. The number of allylic oxidation sites excluding steroid dienone is 4. The van der Waals surface area contributed by atoms with Gasteiger partial charge in [0.1, 0.15) is 0 Å². The van der Waals surface area contributed by atoms with Gasteiger partial charge < -0.3 is 0 Å². The van der Waals surface area contributed by atoms with Gasteiger partial charge in [-0.05, 0) is 5.92 Å². The summed E-state index contributed by atoms with van der Waals surface area (Å²) in [6.07, 6.45) is 9.86. The Balaban J connectivity index is 0. The summed E-state index contributed by atoms with van der Waals surface area (Å²) >= 11 is 0. The van der Waals surface area contributed by atoms with Crippen LogP contribution in [0.15, 0.2) is 17.7 Å². The summed E-state index contributed by atoms with van der Waals surface area (Å²) in [6.45, 7) is 4.47. The molecule has 0 N–H and O–H groups in total. The second-order valence-corrected chi connectivity index (χ2v) is 2.91. The predicted octanol–water partition coefficient (Wildman–Crippen LogP) is 3.14. The van der Waals surface area contributed by atoms with Gasteiger partial charge >= 0.3 is 0 Å². The Kier molecular flexibility index (Phi) is 9.12. The molecule has 62 valence electrons. The molecule has 0 spiro atoms. The first-order chi connectivity index (χ1) is 4.29. The number of hydrogen-bond acceptors (Lipinski definition) is 0. The minimum atomic E-state index is 0. The van der Waals surface area contributed by atoms with Crippen molar-refractivity contribution in [1.29, 1.82) is 0 Å². The molecule has 0 unspecified atom stereocenters. The van der Waals surface area contributed by atoms with Crippen LogP contribution in [0.3, 0.4) is 0 Å². The largest absolute Gasteiger partial charge is 0.269 e. The molecular weight excluding hydrogens is 191 g/mol. The van der Waals surface area contributed by atoms with Crippen molar-refractivity contribution in [2.45, 2.75) is 26.7 Å². The zero-order valence-electron chi connectivity index (χ0n) is 7.05. The Morgan fingerprint density at radius 2 is 2.18 bits per heavy atom. The Labute approximate surface area is 90.4 Å². The van der Waals surface area contributed by atoms with Crippen LogP contribution < -0.4 is 0 Å². The van der Waals surface area contributed by atoms with Crippen LogP contribution in [-0.2, 0) is 21.7 Å². The van der Waals surface area contributed by atoms with Crippen LogP contribution in [0.1, 0.15) is 26.7 Å². The van der Waals surface area contributed by atoms with Gasteiger partial charge in [-0.25, -0.2) is 11.6 Å². The van der Waals surface area contributed by atoms with E-state index in [1.807, 2.05) is 0 Å². The van der Waals surface area contributed by atoms with Crippen LogP contribution in [0.2, 0.25) is 0 Å². The fourth-order valence-electron chi connectivity index (χ4n) is 1.03. The molecule has 0 nitrogen and oxygen atoms in total. The average Bonchev–Trinajstić information content (AvgIpc) is 2.15. The molecule has 0 aromatic rings. The maximum Gasteiger partial charge on any atom is 0 e. The standard InChI is InChI=1S/C9H13.ClH.Ti/c1-8(2)7-9-5-3-4-6-9;;/h3,5,8H,4,7H2,1-2H3;1H;/q-1;;. The summed E-state index contributed by atoms with van der Waals surface area (Å²) in [6, 6.07) is 0. The first kappa shape index (κ1) is 14.0. The topological polar surface area (TPSA) is 0 Å². The molecule has 0 bridgehead atoms. The fourth-order valence-corrected chi connectivity index (χ4v) is 1.03. The van der Waals surface area contributed by atoms with Gasteiger partial charge in [-0.1, -0.05) is 20.3 Å². The zero-order chi connectivity index (χ0) is 6.69. The van der Waals surface area contributed by atoms with E-state index >= 15 is 0 Å². The van der Waals surface area contributed by atoms with E-state index in [0.717, 1.165) is 12.3 Å². The van der Waals surface area contributed by atoms with Crippen LogP contribution >= 0.6 is 12.4 Å². The molecule has 1 aliphatic rings. The molecule has 1 rings (SSSR count). The molecule has 0 aromatic heterocycles. The van der Waals surface area contributed by atoms with Crippen LogP contribution in [0.4, 0.5) is 0 Å². The molecule has 0 fully saturated rings. The van der Waals surface area contributed by atoms with E-state index in [1.165, 1.54) is 12.0 Å². The molecule has 0 heterocycles. The van der Waals surface area contributed by atoms with Crippen molar-refractivity contribution >= 4 is 12.4 Å². The van der Waals surface area contributed by atoms with E-state index in [-0.39, 0.29) is 34.1 Å². The third kappa shape index (κ3) is 5.72. The van der Waals surface area contributed by atoms with Gasteiger partial charge in [-0.15, -0.1) is 18.8 Å².